The minimum atomic E-state index is -0.799. The summed E-state index contributed by atoms with van der Waals surface area (Å²) in [6.07, 6.45) is 6.26. The maximum Gasteiger partial charge on any atom is 0.410 e. The number of amides is 3. The lowest BCUT2D eigenvalue weighted by atomic mass is 9.72. The Balaban J connectivity index is 1.30. The molecular formula is C42H62N4O5. The summed E-state index contributed by atoms with van der Waals surface area (Å²) < 4.78 is 5.77. The maximum atomic E-state index is 14.2. The van der Waals surface area contributed by atoms with Gasteiger partial charge in [-0.25, -0.2) is 4.79 Å². The third-order valence-electron chi connectivity index (χ3n) is 10.7. The zero-order chi connectivity index (χ0) is 36.8. The molecule has 2 aliphatic heterocycles. The van der Waals surface area contributed by atoms with E-state index in [4.69, 9.17) is 4.74 Å². The number of carbonyl (C=O) groups excluding carboxylic acids is 3. The fourth-order valence-electron chi connectivity index (χ4n) is 8.39. The number of β-amino-alcohol motifs (C(OH)–C–C–N with tert-alkyl or cyclic N) is 1. The first-order chi connectivity index (χ1) is 24.1. The lowest BCUT2D eigenvalue weighted by molar-refractivity contribution is -0.136. The number of aliphatic hydroxyl groups excluding tert-OH is 1. The summed E-state index contributed by atoms with van der Waals surface area (Å²) in [5.74, 6) is 0.850. The molecule has 280 valence electrons. The van der Waals surface area contributed by atoms with E-state index in [0.29, 0.717) is 50.7 Å². The highest BCUT2D eigenvalue weighted by Gasteiger charge is 2.43. The molecule has 6 atom stereocenters. The number of fused-ring (bicyclic) bond motifs is 1. The van der Waals surface area contributed by atoms with Crippen LogP contribution in [-0.2, 0) is 27.3 Å². The molecule has 9 heteroatoms. The number of piperidine rings is 1. The van der Waals surface area contributed by atoms with Gasteiger partial charge in [-0.15, -0.1) is 0 Å². The number of likely N-dealkylation sites (tertiary alicyclic amines) is 2. The van der Waals surface area contributed by atoms with Crippen molar-refractivity contribution in [3.63, 3.8) is 0 Å². The Kier molecular flexibility index (Phi) is 12.9. The lowest BCUT2D eigenvalue weighted by Crippen LogP contribution is -2.59. The number of nitrogens with one attached hydrogen (secondary N) is 1. The van der Waals surface area contributed by atoms with Gasteiger partial charge in [0, 0.05) is 50.2 Å². The van der Waals surface area contributed by atoms with Crippen molar-refractivity contribution in [2.75, 3.05) is 26.2 Å². The third kappa shape index (κ3) is 11.3. The van der Waals surface area contributed by atoms with Crippen molar-refractivity contribution >= 4 is 17.9 Å². The second-order valence-corrected chi connectivity index (χ2v) is 17.3. The average molecular weight is 703 g/mol. The smallest absolute Gasteiger partial charge is 0.410 e. The molecule has 3 aliphatic rings. The largest absolute Gasteiger partial charge is 0.444 e. The molecule has 2 saturated heterocycles. The van der Waals surface area contributed by atoms with Gasteiger partial charge in [-0.3, -0.25) is 14.5 Å². The van der Waals surface area contributed by atoms with E-state index >= 15 is 0 Å². The number of nitrogens with zero attached hydrogens (tertiary/aromatic N) is 3. The molecule has 1 saturated carbocycles. The van der Waals surface area contributed by atoms with Crippen LogP contribution in [0.15, 0.2) is 60.7 Å². The van der Waals surface area contributed by atoms with Crippen LogP contribution in [0.4, 0.5) is 4.79 Å². The summed E-state index contributed by atoms with van der Waals surface area (Å²) >= 11 is 0. The molecule has 3 unspecified atom stereocenters. The van der Waals surface area contributed by atoms with Gasteiger partial charge in [0.15, 0.2) is 0 Å². The second-order valence-electron chi connectivity index (χ2n) is 17.3. The Morgan fingerprint density at radius 3 is 2.16 bits per heavy atom. The normalized spacial score (nSPS) is 24.9. The fraction of sp³-hybridized carbons (Fsp3) is 0.643. The standard InChI is InChI=1S/C42H62N4O5/c1-41(2,3)43-38(48)37-25-32-19-13-14-20-34(32)27-45(37)28-36(47)29-46-35(23-30-15-9-7-10-16-30)24-33(39(46)49)21-22-44(40(50)51-42(4,5)6)26-31-17-11-8-12-18-31/h7-12,15-18,32-37,47H,13-14,19-29H2,1-6H3,(H,43,48)/t32-,33?,34+,35-,36?,37?/m0/s1. The molecule has 1 aliphatic carbocycles. The van der Waals surface area contributed by atoms with Gasteiger partial charge < -0.3 is 25.0 Å². The highest BCUT2D eigenvalue weighted by Crippen LogP contribution is 2.39. The van der Waals surface area contributed by atoms with Crippen molar-refractivity contribution in [3.8, 4) is 0 Å². The van der Waals surface area contributed by atoms with Crippen LogP contribution in [0.1, 0.15) is 97.6 Å². The predicted octanol–water partition coefficient (Wildman–Crippen LogP) is 6.43. The summed E-state index contributed by atoms with van der Waals surface area (Å²) in [6.45, 7) is 13.7. The number of benzene rings is 2. The molecule has 5 rings (SSSR count). The van der Waals surface area contributed by atoms with Crippen molar-refractivity contribution in [3.05, 3.63) is 71.8 Å². The Morgan fingerprint density at radius 2 is 1.53 bits per heavy atom. The number of ether oxygens (including phenoxy) is 1. The van der Waals surface area contributed by atoms with E-state index in [1.807, 2.05) is 95.0 Å². The molecule has 3 fully saturated rings. The van der Waals surface area contributed by atoms with E-state index in [1.54, 1.807) is 4.90 Å². The van der Waals surface area contributed by atoms with Crippen molar-refractivity contribution in [2.24, 2.45) is 17.8 Å². The zero-order valence-electron chi connectivity index (χ0n) is 31.9. The number of aliphatic hydroxyl groups is 1. The van der Waals surface area contributed by atoms with Gasteiger partial charge in [-0.2, -0.15) is 0 Å². The quantitative estimate of drug-likeness (QED) is 0.265. The molecule has 3 amide bonds. The molecule has 0 bridgehead atoms. The Bertz CT molecular complexity index is 1440. The Labute approximate surface area is 306 Å². The van der Waals surface area contributed by atoms with Gasteiger partial charge in [0.1, 0.15) is 5.60 Å². The van der Waals surface area contributed by atoms with Gasteiger partial charge in [0.05, 0.1) is 12.1 Å². The molecule has 0 radical (unpaired) electrons. The van der Waals surface area contributed by atoms with Crippen molar-refractivity contribution in [2.45, 2.75) is 129 Å². The minimum absolute atomic E-state index is 0.0202. The second kappa shape index (κ2) is 16.9. The Hall–Kier alpha value is -3.43. The van der Waals surface area contributed by atoms with Crippen LogP contribution >= 0.6 is 0 Å². The summed E-state index contributed by atoms with van der Waals surface area (Å²) in [5, 5.41) is 14.9. The highest BCUT2D eigenvalue weighted by atomic mass is 16.6. The maximum absolute atomic E-state index is 14.2. The molecule has 2 N–H and O–H groups in total. The van der Waals surface area contributed by atoms with Gasteiger partial charge in [0.2, 0.25) is 11.8 Å². The van der Waals surface area contributed by atoms with E-state index in [0.717, 1.165) is 24.1 Å². The number of carbonyl (C=O) groups is 3. The zero-order valence-corrected chi connectivity index (χ0v) is 31.9. The van der Waals surface area contributed by atoms with Crippen LogP contribution in [0.5, 0.6) is 0 Å². The average Bonchev–Trinajstić information content (AvgIpc) is 3.34. The molecule has 0 spiro atoms. The summed E-state index contributed by atoms with van der Waals surface area (Å²) in [7, 11) is 0. The van der Waals surface area contributed by atoms with Crippen LogP contribution in [0.3, 0.4) is 0 Å². The van der Waals surface area contributed by atoms with E-state index in [1.165, 1.54) is 25.7 Å². The highest BCUT2D eigenvalue weighted by molar-refractivity contribution is 5.83. The molecule has 2 aromatic carbocycles. The van der Waals surface area contributed by atoms with Crippen molar-refractivity contribution in [1.82, 2.24) is 20.0 Å². The Morgan fingerprint density at radius 1 is 0.902 bits per heavy atom. The topological polar surface area (TPSA) is 102 Å². The number of hydrogen-bond acceptors (Lipinski definition) is 6. The van der Waals surface area contributed by atoms with E-state index in [2.05, 4.69) is 22.3 Å². The molecule has 0 aromatic heterocycles. The van der Waals surface area contributed by atoms with E-state index < -0.39 is 17.8 Å². The summed E-state index contributed by atoms with van der Waals surface area (Å²) in [6, 6.07) is 19.7. The van der Waals surface area contributed by atoms with Crippen molar-refractivity contribution in [1.29, 1.82) is 0 Å². The summed E-state index contributed by atoms with van der Waals surface area (Å²) in [5.41, 5.74) is 1.17. The fourth-order valence-corrected chi connectivity index (χ4v) is 8.39. The van der Waals surface area contributed by atoms with Crippen LogP contribution < -0.4 is 5.32 Å². The lowest BCUT2D eigenvalue weighted by Gasteiger charge is -2.46. The van der Waals surface area contributed by atoms with Crippen molar-refractivity contribution < 1.29 is 24.2 Å². The summed E-state index contributed by atoms with van der Waals surface area (Å²) in [4.78, 5) is 47.0. The molecular weight excluding hydrogens is 640 g/mol. The minimum Gasteiger partial charge on any atom is -0.444 e. The van der Waals surface area contributed by atoms with Gasteiger partial charge in [-0.1, -0.05) is 79.9 Å². The monoisotopic (exact) mass is 702 g/mol. The number of rotatable bonds is 12. The van der Waals surface area contributed by atoms with Gasteiger partial charge >= 0.3 is 6.09 Å². The molecule has 2 heterocycles. The van der Waals surface area contributed by atoms with Gasteiger partial charge in [0.25, 0.3) is 0 Å². The van der Waals surface area contributed by atoms with Crippen LogP contribution in [0.25, 0.3) is 0 Å². The molecule has 2 aromatic rings. The van der Waals surface area contributed by atoms with Crippen LogP contribution in [-0.4, -0.2) is 93.2 Å². The molecule has 9 nitrogen and oxygen atoms in total. The van der Waals surface area contributed by atoms with E-state index in [9.17, 15) is 19.5 Å². The SMILES string of the molecule is CC(C)(C)NC(=O)C1C[C@@H]2CCCC[C@@H]2CN1CC(O)CN1C(=O)C(CCN(Cc2ccccc2)C(=O)OC(C)(C)C)C[C@@H]1Cc1ccccc1. The number of hydrogen-bond donors (Lipinski definition) is 2. The first kappa shape index (κ1) is 38.8. The van der Waals surface area contributed by atoms with Crippen LogP contribution in [0, 0.1) is 17.8 Å². The van der Waals surface area contributed by atoms with Crippen LogP contribution in [0.2, 0.25) is 0 Å². The van der Waals surface area contributed by atoms with E-state index in [-0.39, 0.29) is 41.9 Å². The predicted molar refractivity (Wildman–Crippen MR) is 201 cm³/mol. The first-order valence-electron chi connectivity index (χ1n) is 19.3. The first-order valence-corrected chi connectivity index (χ1v) is 19.3. The molecule has 51 heavy (non-hydrogen) atoms. The third-order valence-corrected chi connectivity index (χ3v) is 10.7. The van der Waals surface area contributed by atoms with Gasteiger partial charge in [-0.05, 0) is 96.6 Å².